The van der Waals surface area contributed by atoms with Gasteiger partial charge in [0.15, 0.2) is 0 Å². The van der Waals surface area contributed by atoms with Gasteiger partial charge in [0.1, 0.15) is 6.61 Å². The predicted octanol–water partition coefficient (Wildman–Crippen LogP) is 1.56. The largest absolute Gasteiger partial charge is 0.461 e. The quantitative estimate of drug-likeness (QED) is 0.737. The van der Waals surface area contributed by atoms with Gasteiger partial charge in [-0.05, 0) is 37.4 Å². The Kier molecular flexibility index (Phi) is 6.64. The minimum absolute atomic E-state index is 0.337. The molecule has 0 bridgehead atoms. The minimum Gasteiger partial charge on any atom is -0.461 e. The van der Waals surface area contributed by atoms with E-state index >= 15 is 0 Å². The van der Waals surface area contributed by atoms with Gasteiger partial charge in [0.2, 0.25) is 10.0 Å². The van der Waals surface area contributed by atoms with Crippen LogP contribution < -0.4 is 4.72 Å². The summed E-state index contributed by atoms with van der Waals surface area (Å²) in [6.45, 7) is 6.98. The summed E-state index contributed by atoms with van der Waals surface area (Å²) >= 11 is 0. The number of hydrogen-bond donors (Lipinski definition) is 1. The van der Waals surface area contributed by atoms with Gasteiger partial charge in [-0.3, -0.25) is 4.72 Å². The van der Waals surface area contributed by atoms with E-state index in [1.165, 1.54) is 24.3 Å². The molecule has 0 aliphatic heterocycles. The smallest absolute Gasteiger partial charge is 0.338 e. The van der Waals surface area contributed by atoms with E-state index in [9.17, 15) is 13.2 Å². The second-order valence-corrected chi connectivity index (χ2v) is 6.36. The molecule has 0 radical (unpaired) electrons. The third-order valence-electron chi connectivity index (χ3n) is 2.96. The van der Waals surface area contributed by atoms with Gasteiger partial charge in [-0.25, -0.2) is 13.2 Å². The first-order valence-corrected chi connectivity index (χ1v) is 8.72. The molecule has 0 saturated carbocycles. The first-order chi connectivity index (χ1) is 9.85. The van der Waals surface area contributed by atoms with Crippen LogP contribution in [0.4, 0.5) is 5.69 Å². The van der Waals surface area contributed by atoms with Crippen LogP contribution in [0.25, 0.3) is 0 Å². The normalized spacial score (nSPS) is 11.4. The summed E-state index contributed by atoms with van der Waals surface area (Å²) in [6.07, 6.45) is 1.07. The van der Waals surface area contributed by atoms with Gasteiger partial charge in [-0.15, -0.1) is 0 Å². The van der Waals surface area contributed by atoms with E-state index in [0.29, 0.717) is 24.4 Å². The lowest BCUT2D eigenvalue weighted by Crippen LogP contribution is -2.27. The van der Waals surface area contributed by atoms with Crippen LogP contribution in [0.15, 0.2) is 24.3 Å². The SMILES string of the molecule is CCN(CC)CCOC(=O)c1ccc(NS(C)(=O)=O)cc1. The number of benzene rings is 1. The van der Waals surface area contributed by atoms with Crippen molar-refractivity contribution in [2.45, 2.75) is 13.8 Å². The molecule has 1 N–H and O–H groups in total. The number of nitrogens with zero attached hydrogens (tertiary/aromatic N) is 1. The first-order valence-electron chi connectivity index (χ1n) is 6.83. The molecule has 1 aromatic rings. The summed E-state index contributed by atoms with van der Waals surface area (Å²) in [5.74, 6) is -0.409. The molecule has 0 heterocycles. The molecule has 0 aliphatic rings. The molecular formula is C14H22N2O4S. The Hall–Kier alpha value is -1.60. The van der Waals surface area contributed by atoms with Crippen molar-refractivity contribution in [3.63, 3.8) is 0 Å². The Morgan fingerprint density at radius 1 is 1.19 bits per heavy atom. The van der Waals surface area contributed by atoms with E-state index in [1.54, 1.807) is 0 Å². The summed E-state index contributed by atoms with van der Waals surface area (Å²) in [6, 6.07) is 6.13. The third-order valence-corrected chi connectivity index (χ3v) is 3.57. The van der Waals surface area contributed by atoms with Gasteiger partial charge in [0.05, 0.1) is 11.8 Å². The van der Waals surface area contributed by atoms with Crippen LogP contribution >= 0.6 is 0 Å². The third kappa shape index (κ3) is 6.59. The van der Waals surface area contributed by atoms with Gasteiger partial charge < -0.3 is 9.64 Å². The highest BCUT2D eigenvalue weighted by Gasteiger charge is 2.09. The van der Waals surface area contributed by atoms with Crippen molar-refractivity contribution < 1.29 is 17.9 Å². The number of sulfonamides is 1. The molecule has 0 aromatic heterocycles. The van der Waals surface area contributed by atoms with E-state index in [1.807, 2.05) is 0 Å². The fourth-order valence-electron chi connectivity index (χ4n) is 1.78. The van der Waals surface area contributed by atoms with Gasteiger partial charge in [-0.2, -0.15) is 0 Å². The summed E-state index contributed by atoms with van der Waals surface area (Å²) in [4.78, 5) is 14.0. The maximum absolute atomic E-state index is 11.8. The fourth-order valence-corrected chi connectivity index (χ4v) is 2.34. The second kappa shape index (κ2) is 7.99. The van der Waals surface area contributed by atoms with Crippen LogP contribution in [0.2, 0.25) is 0 Å². The zero-order valence-electron chi connectivity index (χ0n) is 12.6. The van der Waals surface area contributed by atoms with Gasteiger partial charge in [0.25, 0.3) is 0 Å². The average molecular weight is 314 g/mol. The van der Waals surface area contributed by atoms with E-state index in [-0.39, 0.29) is 0 Å². The van der Waals surface area contributed by atoms with Crippen molar-refractivity contribution in [2.24, 2.45) is 0 Å². The van der Waals surface area contributed by atoms with Crippen LogP contribution in [0, 0.1) is 0 Å². The maximum atomic E-state index is 11.8. The number of carbonyl (C=O) groups excluding carboxylic acids is 1. The highest BCUT2D eigenvalue weighted by molar-refractivity contribution is 7.92. The standard InChI is InChI=1S/C14H22N2O4S/c1-4-16(5-2)10-11-20-14(17)12-6-8-13(9-7-12)15-21(3,18)19/h6-9,15H,4-5,10-11H2,1-3H3. The lowest BCUT2D eigenvalue weighted by atomic mass is 10.2. The highest BCUT2D eigenvalue weighted by Crippen LogP contribution is 2.11. The molecule has 118 valence electrons. The Balaban J connectivity index is 2.52. The molecule has 1 aromatic carbocycles. The van der Waals surface area contributed by atoms with Crippen molar-refractivity contribution in [1.82, 2.24) is 4.90 Å². The van der Waals surface area contributed by atoms with E-state index < -0.39 is 16.0 Å². The zero-order valence-corrected chi connectivity index (χ0v) is 13.4. The van der Waals surface area contributed by atoms with E-state index in [4.69, 9.17) is 4.74 Å². The average Bonchev–Trinajstić information content (AvgIpc) is 2.42. The molecule has 0 fully saturated rings. The van der Waals surface area contributed by atoms with Crippen LogP contribution in [0.5, 0.6) is 0 Å². The van der Waals surface area contributed by atoms with Gasteiger partial charge in [-0.1, -0.05) is 13.8 Å². The number of anilines is 1. The summed E-state index contributed by atoms with van der Waals surface area (Å²) in [7, 11) is -3.31. The number of likely N-dealkylation sites (N-methyl/N-ethyl adjacent to an activating group) is 1. The summed E-state index contributed by atoms with van der Waals surface area (Å²) in [5.41, 5.74) is 0.811. The molecule has 0 aliphatic carbocycles. The molecule has 21 heavy (non-hydrogen) atoms. The van der Waals surface area contributed by atoms with Crippen molar-refractivity contribution in [3.8, 4) is 0 Å². The van der Waals surface area contributed by atoms with Crippen molar-refractivity contribution >= 4 is 21.7 Å². The van der Waals surface area contributed by atoms with Gasteiger partial charge >= 0.3 is 5.97 Å². The Bertz CT molecular complexity index is 551. The number of rotatable bonds is 8. The fraction of sp³-hybridized carbons (Fsp3) is 0.500. The van der Waals surface area contributed by atoms with Crippen molar-refractivity contribution in [1.29, 1.82) is 0 Å². The lowest BCUT2D eigenvalue weighted by molar-refractivity contribution is 0.0466. The van der Waals surface area contributed by atoms with Crippen LogP contribution in [0.3, 0.4) is 0 Å². The minimum atomic E-state index is -3.31. The number of nitrogens with one attached hydrogen (secondary N) is 1. The molecule has 0 unspecified atom stereocenters. The molecule has 7 heteroatoms. The zero-order chi connectivity index (χ0) is 15.9. The molecule has 0 saturated heterocycles. The number of hydrogen-bond acceptors (Lipinski definition) is 5. The maximum Gasteiger partial charge on any atom is 0.338 e. The van der Waals surface area contributed by atoms with Crippen molar-refractivity contribution in [2.75, 3.05) is 37.2 Å². The summed E-state index contributed by atoms with van der Waals surface area (Å²) < 4.78 is 29.7. The Morgan fingerprint density at radius 3 is 2.24 bits per heavy atom. The predicted molar refractivity (Wildman–Crippen MR) is 83.0 cm³/mol. The highest BCUT2D eigenvalue weighted by atomic mass is 32.2. The monoisotopic (exact) mass is 314 g/mol. The first kappa shape index (κ1) is 17.5. The van der Waals surface area contributed by atoms with Gasteiger partial charge in [0, 0.05) is 12.2 Å². The number of carbonyl (C=O) groups is 1. The molecule has 1 rings (SSSR count). The molecule has 0 amide bonds. The molecule has 6 nitrogen and oxygen atoms in total. The second-order valence-electron chi connectivity index (χ2n) is 4.61. The topological polar surface area (TPSA) is 75.7 Å². The Morgan fingerprint density at radius 2 is 1.76 bits per heavy atom. The number of esters is 1. The van der Waals surface area contributed by atoms with Crippen molar-refractivity contribution in [3.05, 3.63) is 29.8 Å². The molecule has 0 atom stereocenters. The van der Waals surface area contributed by atoms with E-state index in [2.05, 4.69) is 23.5 Å². The number of ether oxygens (including phenoxy) is 1. The van der Waals surface area contributed by atoms with Crippen LogP contribution in [-0.4, -0.2) is 51.8 Å². The molecular weight excluding hydrogens is 292 g/mol. The van der Waals surface area contributed by atoms with E-state index in [0.717, 1.165) is 19.3 Å². The van der Waals surface area contributed by atoms with Crippen LogP contribution in [0.1, 0.15) is 24.2 Å². The Labute approximate surface area is 126 Å². The van der Waals surface area contributed by atoms with Crippen LogP contribution in [-0.2, 0) is 14.8 Å². The summed E-state index contributed by atoms with van der Waals surface area (Å²) in [5, 5.41) is 0. The lowest BCUT2D eigenvalue weighted by Gasteiger charge is -2.17. The molecule has 0 spiro atoms.